The second-order valence-electron chi connectivity index (χ2n) is 5.71. The highest BCUT2D eigenvalue weighted by Gasteiger charge is 2.25. The van der Waals surface area contributed by atoms with Gasteiger partial charge in [-0.1, -0.05) is 27.7 Å². The van der Waals surface area contributed by atoms with E-state index in [4.69, 9.17) is 5.73 Å². The minimum Gasteiger partial charge on any atom is -0.329 e. The van der Waals surface area contributed by atoms with Crippen LogP contribution in [0.25, 0.3) is 0 Å². The highest BCUT2D eigenvalue weighted by atomic mass is 15.2. The Kier molecular flexibility index (Phi) is 5.68. The molecule has 0 unspecified atom stereocenters. The normalized spacial score (nSPS) is 13.3. The van der Waals surface area contributed by atoms with Gasteiger partial charge in [-0.15, -0.1) is 0 Å². The molecule has 0 fully saturated rings. The van der Waals surface area contributed by atoms with Crippen LogP contribution in [0.3, 0.4) is 0 Å². The first-order valence-corrected chi connectivity index (χ1v) is 5.74. The van der Waals surface area contributed by atoms with Crippen LogP contribution < -0.4 is 5.73 Å². The van der Waals surface area contributed by atoms with Gasteiger partial charge in [-0.25, -0.2) is 0 Å². The Morgan fingerprint density at radius 2 is 1.36 bits per heavy atom. The van der Waals surface area contributed by atoms with Crippen molar-refractivity contribution in [3.63, 3.8) is 0 Å². The zero-order valence-corrected chi connectivity index (χ0v) is 10.8. The topological polar surface area (TPSA) is 29.3 Å². The maximum absolute atomic E-state index is 5.82. The molecule has 0 aromatic heterocycles. The van der Waals surface area contributed by atoms with Crippen LogP contribution in [0.15, 0.2) is 0 Å². The molecule has 2 nitrogen and oxygen atoms in total. The Bertz CT molecular complexity index is 140. The summed E-state index contributed by atoms with van der Waals surface area (Å²) >= 11 is 0. The maximum atomic E-state index is 5.82. The standard InChI is InChI=1S/C12H28N2/c1-10(2)7-14(8-11(3)4)12(5,6)9-13/h10-11H,7-9,13H2,1-6H3. The van der Waals surface area contributed by atoms with Crippen LogP contribution in [0.5, 0.6) is 0 Å². The van der Waals surface area contributed by atoms with E-state index < -0.39 is 0 Å². The highest BCUT2D eigenvalue weighted by Crippen LogP contribution is 2.16. The molecule has 0 aliphatic rings. The summed E-state index contributed by atoms with van der Waals surface area (Å²) in [4.78, 5) is 2.52. The van der Waals surface area contributed by atoms with Crippen LogP contribution in [-0.2, 0) is 0 Å². The van der Waals surface area contributed by atoms with E-state index in [2.05, 4.69) is 46.4 Å². The molecule has 0 heterocycles. The van der Waals surface area contributed by atoms with Gasteiger partial charge < -0.3 is 5.73 Å². The molecule has 0 spiro atoms. The van der Waals surface area contributed by atoms with Crippen molar-refractivity contribution < 1.29 is 0 Å². The Balaban J connectivity index is 4.38. The first-order chi connectivity index (χ1) is 6.29. The van der Waals surface area contributed by atoms with Crippen LogP contribution >= 0.6 is 0 Å². The van der Waals surface area contributed by atoms with E-state index in [-0.39, 0.29) is 5.54 Å². The van der Waals surface area contributed by atoms with Crippen molar-refractivity contribution in [2.45, 2.75) is 47.1 Å². The predicted octanol–water partition coefficient (Wildman–Crippen LogP) is 2.34. The molecule has 0 bridgehead atoms. The van der Waals surface area contributed by atoms with Crippen molar-refractivity contribution in [2.24, 2.45) is 17.6 Å². The third-order valence-electron chi connectivity index (χ3n) is 2.53. The molecular weight excluding hydrogens is 172 g/mol. The molecule has 2 heteroatoms. The summed E-state index contributed by atoms with van der Waals surface area (Å²) < 4.78 is 0. The van der Waals surface area contributed by atoms with Gasteiger partial charge in [-0.3, -0.25) is 4.90 Å². The Morgan fingerprint density at radius 1 is 1.00 bits per heavy atom. The van der Waals surface area contributed by atoms with Gasteiger partial charge in [0.05, 0.1) is 0 Å². The molecule has 0 rings (SSSR count). The third kappa shape index (κ3) is 4.97. The first kappa shape index (κ1) is 13.9. The fraction of sp³-hybridized carbons (Fsp3) is 1.00. The summed E-state index contributed by atoms with van der Waals surface area (Å²) in [5.41, 5.74) is 5.95. The Morgan fingerprint density at radius 3 is 1.57 bits per heavy atom. The zero-order valence-electron chi connectivity index (χ0n) is 10.8. The van der Waals surface area contributed by atoms with Crippen molar-refractivity contribution in [2.75, 3.05) is 19.6 Å². The Labute approximate surface area is 89.9 Å². The highest BCUT2D eigenvalue weighted by molar-refractivity contribution is 4.83. The van der Waals surface area contributed by atoms with Gasteiger partial charge in [0, 0.05) is 25.2 Å². The molecular formula is C12H28N2. The predicted molar refractivity (Wildman–Crippen MR) is 64.4 cm³/mol. The van der Waals surface area contributed by atoms with Gasteiger partial charge in [-0.05, 0) is 25.7 Å². The molecule has 86 valence electrons. The summed E-state index contributed by atoms with van der Waals surface area (Å²) in [6.45, 7) is 16.5. The van der Waals surface area contributed by atoms with Crippen molar-refractivity contribution >= 4 is 0 Å². The van der Waals surface area contributed by atoms with Gasteiger partial charge >= 0.3 is 0 Å². The lowest BCUT2D eigenvalue weighted by Crippen LogP contribution is -2.51. The molecule has 0 aromatic carbocycles. The van der Waals surface area contributed by atoms with Crippen molar-refractivity contribution in [3.05, 3.63) is 0 Å². The van der Waals surface area contributed by atoms with Gasteiger partial charge in [-0.2, -0.15) is 0 Å². The molecule has 14 heavy (non-hydrogen) atoms. The van der Waals surface area contributed by atoms with Crippen LogP contribution in [0.2, 0.25) is 0 Å². The molecule has 2 N–H and O–H groups in total. The average molecular weight is 200 g/mol. The summed E-state index contributed by atoms with van der Waals surface area (Å²) in [5, 5.41) is 0. The smallest absolute Gasteiger partial charge is 0.0275 e. The molecule has 0 atom stereocenters. The van der Waals surface area contributed by atoms with Crippen molar-refractivity contribution in [1.29, 1.82) is 0 Å². The van der Waals surface area contributed by atoms with E-state index in [0.717, 1.165) is 19.6 Å². The van der Waals surface area contributed by atoms with E-state index in [9.17, 15) is 0 Å². The maximum Gasteiger partial charge on any atom is 0.0275 e. The van der Waals surface area contributed by atoms with Gasteiger partial charge in [0.2, 0.25) is 0 Å². The van der Waals surface area contributed by atoms with Gasteiger partial charge in [0.15, 0.2) is 0 Å². The van der Waals surface area contributed by atoms with Gasteiger partial charge in [0.25, 0.3) is 0 Å². The second-order valence-corrected chi connectivity index (χ2v) is 5.71. The van der Waals surface area contributed by atoms with E-state index in [1.807, 2.05) is 0 Å². The molecule has 0 aliphatic carbocycles. The van der Waals surface area contributed by atoms with Gasteiger partial charge in [0.1, 0.15) is 0 Å². The van der Waals surface area contributed by atoms with Crippen LogP contribution in [0, 0.1) is 11.8 Å². The zero-order chi connectivity index (χ0) is 11.4. The monoisotopic (exact) mass is 200 g/mol. The quantitative estimate of drug-likeness (QED) is 0.713. The van der Waals surface area contributed by atoms with E-state index in [1.165, 1.54) is 0 Å². The molecule has 0 radical (unpaired) electrons. The Hall–Kier alpha value is -0.0800. The molecule has 0 aromatic rings. The number of hydrogen-bond donors (Lipinski definition) is 1. The lowest BCUT2D eigenvalue weighted by atomic mass is 9.99. The summed E-state index contributed by atoms with van der Waals surface area (Å²) in [5.74, 6) is 1.42. The van der Waals surface area contributed by atoms with E-state index in [0.29, 0.717) is 11.8 Å². The van der Waals surface area contributed by atoms with Crippen LogP contribution in [-0.4, -0.2) is 30.1 Å². The molecule has 0 saturated heterocycles. The van der Waals surface area contributed by atoms with Crippen molar-refractivity contribution in [3.8, 4) is 0 Å². The molecule has 0 saturated carbocycles. The largest absolute Gasteiger partial charge is 0.329 e. The summed E-state index contributed by atoms with van der Waals surface area (Å²) in [6, 6.07) is 0. The summed E-state index contributed by atoms with van der Waals surface area (Å²) in [7, 11) is 0. The minimum absolute atomic E-state index is 0.133. The number of hydrogen-bond acceptors (Lipinski definition) is 2. The third-order valence-corrected chi connectivity index (χ3v) is 2.53. The summed E-state index contributed by atoms with van der Waals surface area (Å²) in [6.07, 6.45) is 0. The number of nitrogens with two attached hydrogens (primary N) is 1. The van der Waals surface area contributed by atoms with Crippen LogP contribution in [0.4, 0.5) is 0 Å². The number of rotatable bonds is 6. The first-order valence-electron chi connectivity index (χ1n) is 5.74. The fourth-order valence-electron chi connectivity index (χ4n) is 1.58. The molecule has 0 aliphatic heterocycles. The van der Waals surface area contributed by atoms with Crippen molar-refractivity contribution in [1.82, 2.24) is 4.90 Å². The second kappa shape index (κ2) is 5.72. The SMILES string of the molecule is CC(C)CN(CC(C)C)C(C)(C)CN. The van der Waals surface area contributed by atoms with E-state index >= 15 is 0 Å². The lowest BCUT2D eigenvalue weighted by molar-refractivity contribution is 0.0965. The number of nitrogens with zero attached hydrogens (tertiary/aromatic N) is 1. The lowest BCUT2D eigenvalue weighted by Gasteiger charge is -2.40. The minimum atomic E-state index is 0.133. The fourth-order valence-corrected chi connectivity index (χ4v) is 1.58. The van der Waals surface area contributed by atoms with E-state index in [1.54, 1.807) is 0 Å². The van der Waals surface area contributed by atoms with Crippen LogP contribution in [0.1, 0.15) is 41.5 Å². The average Bonchev–Trinajstić information content (AvgIpc) is 2.01. The molecule has 0 amide bonds.